The van der Waals surface area contributed by atoms with Crippen molar-refractivity contribution in [3.63, 3.8) is 0 Å². The van der Waals surface area contributed by atoms with Gasteiger partial charge in [-0.1, -0.05) is 38.0 Å². The summed E-state index contributed by atoms with van der Waals surface area (Å²) in [7, 11) is 1.72. The highest BCUT2D eigenvalue weighted by atomic mass is 32.1. The van der Waals surface area contributed by atoms with E-state index in [0.717, 1.165) is 30.6 Å². The highest BCUT2D eigenvalue weighted by Crippen LogP contribution is 2.46. The molecule has 0 amide bonds. The maximum atomic E-state index is 5.03. The number of hydrogen-bond donors (Lipinski definition) is 1. The van der Waals surface area contributed by atoms with Crippen molar-refractivity contribution in [3.8, 4) is 0 Å². The molecule has 0 unspecified atom stereocenters. The fraction of sp³-hybridized carbons (Fsp3) is 0.867. The molecule has 5 heteroatoms. The zero-order valence-corrected chi connectivity index (χ0v) is 13.8. The molecule has 4 nitrogen and oxygen atoms in total. The van der Waals surface area contributed by atoms with Crippen LogP contribution in [0, 0.1) is 5.92 Å². The van der Waals surface area contributed by atoms with Crippen molar-refractivity contribution in [2.45, 2.75) is 57.9 Å². The van der Waals surface area contributed by atoms with Crippen molar-refractivity contribution in [2.24, 2.45) is 5.92 Å². The van der Waals surface area contributed by atoms with Crippen LogP contribution >= 0.6 is 11.3 Å². The van der Waals surface area contributed by atoms with Crippen LogP contribution in [0.25, 0.3) is 0 Å². The molecule has 1 aromatic rings. The Morgan fingerprint density at radius 1 is 1.30 bits per heavy atom. The molecule has 1 N–H and O–H groups in total. The Morgan fingerprint density at radius 2 is 2.05 bits per heavy atom. The third-order valence-corrected chi connectivity index (χ3v) is 5.21. The van der Waals surface area contributed by atoms with Crippen LogP contribution in [0.5, 0.6) is 0 Å². The lowest BCUT2D eigenvalue weighted by Crippen LogP contribution is -2.24. The summed E-state index contributed by atoms with van der Waals surface area (Å²) in [6, 6.07) is 0. The van der Waals surface area contributed by atoms with Gasteiger partial charge in [-0.15, -0.1) is 10.2 Å². The summed E-state index contributed by atoms with van der Waals surface area (Å²) >= 11 is 1.80. The van der Waals surface area contributed by atoms with E-state index in [4.69, 9.17) is 4.74 Å². The Bertz CT molecular complexity index is 400. The molecule has 1 aromatic heterocycles. The topological polar surface area (TPSA) is 47.0 Å². The van der Waals surface area contributed by atoms with Gasteiger partial charge >= 0.3 is 0 Å². The third-order valence-electron chi connectivity index (χ3n) is 4.04. The minimum absolute atomic E-state index is 0.316. The van der Waals surface area contributed by atoms with E-state index in [9.17, 15) is 0 Å². The standard InChI is InChI=1S/C15H27N3OS/c1-12(2)10-15(6-4-5-7-15)14-18-17-13(20-14)11-16-8-9-19-3/h12,16H,4-11H2,1-3H3. The maximum Gasteiger partial charge on any atom is 0.131 e. The van der Waals surface area contributed by atoms with Gasteiger partial charge in [0.15, 0.2) is 0 Å². The van der Waals surface area contributed by atoms with Crippen molar-refractivity contribution in [1.29, 1.82) is 0 Å². The minimum atomic E-state index is 0.316. The molecule has 2 rings (SSSR count). The average molecular weight is 297 g/mol. The predicted molar refractivity (Wildman–Crippen MR) is 83.1 cm³/mol. The second-order valence-electron chi connectivity index (χ2n) is 6.26. The number of methoxy groups -OCH3 is 1. The summed E-state index contributed by atoms with van der Waals surface area (Å²) in [6.45, 7) is 7.03. The van der Waals surface area contributed by atoms with Gasteiger partial charge in [0.2, 0.25) is 0 Å². The molecule has 0 spiro atoms. The fourth-order valence-corrected chi connectivity index (χ4v) is 4.31. The average Bonchev–Trinajstić information content (AvgIpc) is 3.04. The van der Waals surface area contributed by atoms with Crippen LogP contribution in [0.2, 0.25) is 0 Å². The zero-order chi connectivity index (χ0) is 14.4. The van der Waals surface area contributed by atoms with Crippen LogP contribution in [0.3, 0.4) is 0 Å². The van der Waals surface area contributed by atoms with Gasteiger partial charge in [0.1, 0.15) is 10.0 Å². The van der Waals surface area contributed by atoms with Crippen molar-refractivity contribution in [2.75, 3.05) is 20.3 Å². The first-order valence-corrected chi connectivity index (χ1v) is 8.50. The van der Waals surface area contributed by atoms with Crippen molar-refractivity contribution < 1.29 is 4.74 Å². The first-order chi connectivity index (χ1) is 9.66. The number of ether oxygens (including phenoxy) is 1. The van der Waals surface area contributed by atoms with Crippen LogP contribution in [0.1, 0.15) is 56.0 Å². The summed E-state index contributed by atoms with van der Waals surface area (Å²) in [6.07, 6.45) is 6.51. The molecule has 0 atom stereocenters. The lowest BCUT2D eigenvalue weighted by molar-refractivity contribution is 0.199. The maximum absolute atomic E-state index is 5.03. The minimum Gasteiger partial charge on any atom is -0.383 e. The summed E-state index contributed by atoms with van der Waals surface area (Å²) in [5, 5.41) is 14.6. The van der Waals surface area contributed by atoms with Gasteiger partial charge < -0.3 is 10.1 Å². The molecule has 1 aliphatic carbocycles. The monoisotopic (exact) mass is 297 g/mol. The van der Waals surface area contributed by atoms with Crippen LogP contribution in [0.4, 0.5) is 0 Å². The number of nitrogens with one attached hydrogen (secondary N) is 1. The lowest BCUT2D eigenvalue weighted by atomic mass is 9.79. The van der Waals surface area contributed by atoms with E-state index in [1.165, 1.54) is 37.1 Å². The second-order valence-corrected chi connectivity index (χ2v) is 7.32. The van der Waals surface area contributed by atoms with Crippen molar-refractivity contribution in [1.82, 2.24) is 15.5 Å². The molecule has 0 radical (unpaired) electrons. The molecule has 114 valence electrons. The van der Waals surface area contributed by atoms with Gasteiger partial charge in [0.05, 0.1) is 6.61 Å². The molecule has 0 bridgehead atoms. The summed E-state index contributed by atoms with van der Waals surface area (Å²) in [5.74, 6) is 0.722. The normalized spacial score (nSPS) is 18.0. The fourth-order valence-electron chi connectivity index (χ4n) is 3.25. The summed E-state index contributed by atoms with van der Waals surface area (Å²) in [5.41, 5.74) is 0.316. The van der Waals surface area contributed by atoms with E-state index < -0.39 is 0 Å². The Morgan fingerprint density at radius 3 is 2.70 bits per heavy atom. The Hall–Kier alpha value is -0.520. The molecule has 0 aromatic carbocycles. The smallest absolute Gasteiger partial charge is 0.131 e. The van der Waals surface area contributed by atoms with Gasteiger partial charge in [-0.05, 0) is 25.2 Å². The van der Waals surface area contributed by atoms with E-state index in [1.54, 1.807) is 18.4 Å². The molecular weight excluding hydrogens is 270 g/mol. The molecule has 0 aliphatic heterocycles. The number of hydrogen-bond acceptors (Lipinski definition) is 5. The van der Waals surface area contributed by atoms with Crippen molar-refractivity contribution in [3.05, 3.63) is 10.0 Å². The van der Waals surface area contributed by atoms with E-state index in [1.807, 2.05) is 0 Å². The van der Waals surface area contributed by atoms with Crippen molar-refractivity contribution >= 4 is 11.3 Å². The van der Waals surface area contributed by atoms with Gasteiger partial charge in [-0.3, -0.25) is 0 Å². The lowest BCUT2D eigenvalue weighted by Gasteiger charge is -2.27. The molecule has 0 saturated heterocycles. The van der Waals surface area contributed by atoms with Crippen LogP contribution in [-0.4, -0.2) is 30.5 Å². The number of aromatic nitrogens is 2. The zero-order valence-electron chi connectivity index (χ0n) is 12.9. The van der Waals surface area contributed by atoms with E-state index in [0.29, 0.717) is 5.41 Å². The van der Waals surface area contributed by atoms with Crippen LogP contribution < -0.4 is 5.32 Å². The van der Waals surface area contributed by atoms with Gasteiger partial charge in [0, 0.05) is 25.6 Å². The Labute approximate surface area is 126 Å². The highest BCUT2D eigenvalue weighted by molar-refractivity contribution is 7.11. The third kappa shape index (κ3) is 3.99. The molecule has 1 aliphatic rings. The molecular formula is C15H27N3OS. The van der Waals surface area contributed by atoms with Gasteiger partial charge in [0.25, 0.3) is 0 Å². The Kier molecular flexibility index (Phi) is 5.93. The van der Waals surface area contributed by atoms with E-state index >= 15 is 0 Å². The largest absolute Gasteiger partial charge is 0.383 e. The quantitative estimate of drug-likeness (QED) is 0.749. The van der Waals surface area contributed by atoms with Crippen LogP contribution in [-0.2, 0) is 16.7 Å². The number of rotatable bonds is 8. The molecule has 20 heavy (non-hydrogen) atoms. The highest BCUT2D eigenvalue weighted by Gasteiger charge is 2.39. The van der Waals surface area contributed by atoms with E-state index in [2.05, 4.69) is 29.4 Å². The molecule has 1 heterocycles. The first-order valence-electron chi connectivity index (χ1n) is 7.69. The SMILES string of the molecule is COCCNCc1nnc(C2(CC(C)C)CCCC2)s1. The molecule has 1 fully saturated rings. The van der Waals surface area contributed by atoms with E-state index in [-0.39, 0.29) is 0 Å². The summed E-state index contributed by atoms with van der Waals surface area (Å²) in [4.78, 5) is 0. The second kappa shape index (κ2) is 7.48. The molecule has 1 saturated carbocycles. The van der Waals surface area contributed by atoms with Gasteiger partial charge in [-0.2, -0.15) is 0 Å². The Balaban J connectivity index is 1.98. The summed E-state index contributed by atoms with van der Waals surface area (Å²) < 4.78 is 5.03. The van der Waals surface area contributed by atoms with Gasteiger partial charge in [-0.25, -0.2) is 0 Å². The first kappa shape index (κ1) is 15.9. The predicted octanol–water partition coefficient (Wildman–Crippen LogP) is 3.13. The number of nitrogens with zero attached hydrogens (tertiary/aromatic N) is 2. The van der Waals surface area contributed by atoms with Crippen LogP contribution in [0.15, 0.2) is 0 Å².